The van der Waals surface area contributed by atoms with Crippen LogP contribution in [0.5, 0.6) is 0 Å². The quantitative estimate of drug-likeness (QED) is 0.375. The van der Waals surface area contributed by atoms with Crippen molar-refractivity contribution in [2.45, 2.75) is 0 Å². The molecule has 0 aliphatic carbocycles. The fourth-order valence-corrected chi connectivity index (χ4v) is 3.00. The third-order valence-electron chi connectivity index (χ3n) is 4.43. The van der Waals surface area contributed by atoms with Gasteiger partial charge in [-0.25, -0.2) is 4.79 Å². The van der Waals surface area contributed by atoms with Crippen LogP contribution in [-0.4, -0.2) is 23.9 Å². The number of aromatic nitrogens is 1. The Morgan fingerprint density at radius 2 is 1.70 bits per heavy atom. The summed E-state index contributed by atoms with van der Waals surface area (Å²) in [6.45, 7) is 0. The molecule has 0 saturated carbocycles. The fraction of sp³-hybridized carbons (Fsp3) is 0.0435. The van der Waals surface area contributed by atoms with E-state index in [4.69, 9.17) is 4.74 Å². The summed E-state index contributed by atoms with van der Waals surface area (Å²) >= 11 is 0. The standard InChI is InChI=1S/C23H18N2O2/c1-27-23(26)18-8-11-20(12-9-18)24-16-22-7-4-14-25(22)21-13-10-17-5-2-3-6-19(17)15-21/h2-16H,1H3. The summed E-state index contributed by atoms with van der Waals surface area (Å²) in [6.07, 6.45) is 3.84. The zero-order valence-electron chi connectivity index (χ0n) is 14.9. The van der Waals surface area contributed by atoms with E-state index in [0.29, 0.717) is 5.56 Å². The number of carbonyl (C=O) groups is 1. The summed E-state index contributed by atoms with van der Waals surface area (Å²) in [4.78, 5) is 16.0. The van der Waals surface area contributed by atoms with Gasteiger partial charge in [-0.1, -0.05) is 30.3 Å². The molecule has 0 spiro atoms. The van der Waals surface area contributed by atoms with Crippen molar-refractivity contribution in [3.05, 3.63) is 96.3 Å². The highest BCUT2D eigenvalue weighted by Gasteiger charge is 2.05. The van der Waals surface area contributed by atoms with Crippen molar-refractivity contribution >= 4 is 28.6 Å². The number of hydrogen-bond donors (Lipinski definition) is 0. The van der Waals surface area contributed by atoms with Crippen LogP contribution in [0, 0.1) is 0 Å². The number of aliphatic imine (C=N–C) groups is 1. The van der Waals surface area contributed by atoms with Gasteiger partial charge in [-0.15, -0.1) is 0 Å². The Morgan fingerprint density at radius 1 is 0.926 bits per heavy atom. The van der Waals surface area contributed by atoms with Crippen LogP contribution < -0.4 is 0 Å². The van der Waals surface area contributed by atoms with Gasteiger partial charge in [0.05, 0.1) is 30.3 Å². The van der Waals surface area contributed by atoms with E-state index in [2.05, 4.69) is 39.9 Å². The average molecular weight is 354 g/mol. The van der Waals surface area contributed by atoms with Gasteiger partial charge in [-0.2, -0.15) is 0 Å². The van der Waals surface area contributed by atoms with Crippen molar-refractivity contribution in [3.8, 4) is 5.69 Å². The molecule has 0 amide bonds. The summed E-state index contributed by atoms with van der Waals surface area (Å²) in [5.74, 6) is -0.351. The first-order valence-corrected chi connectivity index (χ1v) is 8.63. The normalized spacial score (nSPS) is 11.1. The Bertz CT molecular complexity index is 1120. The van der Waals surface area contributed by atoms with E-state index in [1.54, 1.807) is 24.3 Å². The smallest absolute Gasteiger partial charge is 0.337 e. The molecule has 0 fully saturated rings. The molecule has 0 saturated heterocycles. The predicted molar refractivity (Wildman–Crippen MR) is 108 cm³/mol. The Labute approximate surface area is 157 Å². The topological polar surface area (TPSA) is 43.6 Å². The number of rotatable bonds is 4. The molecule has 0 atom stereocenters. The van der Waals surface area contributed by atoms with E-state index in [1.807, 2.05) is 36.7 Å². The van der Waals surface area contributed by atoms with Crippen LogP contribution in [-0.2, 0) is 4.74 Å². The molecule has 4 nitrogen and oxygen atoms in total. The van der Waals surface area contributed by atoms with Gasteiger partial charge >= 0.3 is 5.97 Å². The van der Waals surface area contributed by atoms with Gasteiger partial charge in [0.1, 0.15) is 0 Å². The molecular weight excluding hydrogens is 336 g/mol. The Balaban J connectivity index is 1.61. The van der Waals surface area contributed by atoms with Crippen LogP contribution in [0.3, 0.4) is 0 Å². The van der Waals surface area contributed by atoms with E-state index < -0.39 is 0 Å². The number of benzene rings is 3. The van der Waals surface area contributed by atoms with E-state index in [-0.39, 0.29) is 5.97 Å². The molecule has 4 aromatic rings. The van der Waals surface area contributed by atoms with Gasteiger partial charge in [0.15, 0.2) is 0 Å². The summed E-state index contributed by atoms with van der Waals surface area (Å²) in [5, 5.41) is 2.42. The van der Waals surface area contributed by atoms with Crippen LogP contribution in [0.4, 0.5) is 5.69 Å². The van der Waals surface area contributed by atoms with E-state index in [1.165, 1.54) is 17.9 Å². The van der Waals surface area contributed by atoms with Gasteiger partial charge in [-0.05, 0) is 59.3 Å². The minimum absolute atomic E-state index is 0.351. The monoisotopic (exact) mass is 354 g/mol. The van der Waals surface area contributed by atoms with Crippen LogP contribution in [0.1, 0.15) is 16.1 Å². The first-order chi connectivity index (χ1) is 13.2. The van der Waals surface area contributed by atoms with Gasteiger partial charge < -0.3 is 9.30 Å². The second-order valence-corrected chi connectivity index (χ2v) is 6.13. The lowest BCUT2D eigenvalue weighted by molar-refractivity contribution is 0.0601. The zero-order chi connectivity index (χ0) is 18.6. The minimum Gasteiger partial charge on any atom is -0.465 e. The summed E-state index contributed by atoms with van der Waals surface area (Å²) in [7, 11) is 1.37. The molecule has 1 heterocycles. The maximum absolute atomic E-state index is 11.5. The Morgan fingerprint density at radius 3 is 2.48 bits per heavy atom. The summed E-state index contributed by atoms with van der Waals surface area (Å²) in [5.41, 5.74) is 3.34. The van der Waals surface area contributed by atoms with Gasteiger partial charge in [0.2, 0.25) is 0 Å². The van der Waals surface area contributed by atoms with Crippen LogP contribution >= 0.6 is 0 Å². The number of fused-ring (bicyclic) bond motifs is 1. The molecule has 4 heteroatoms. The fourth-order valence-electron chi connectivity index (χ4n) is 3.00. The van der Waals surface area contributed by atoms with Crippen molar-refractivity contribution < 1.29 is 9.53 Å². The molecule has 0 N–H and O–H groups in total. The van der Waals surface area contributed by atoms with E-state index in [9.17, 15) is 4.79 Å². The predicted octanol–water partition coefficient (Wildman–Crippen LogP) is 5.17. The summed E-state index contributed by atoms with van der Waals surface area (Å²) < 4.78 is 6.81. The molecule has 0 aliphatic rings. The van der Waals surface area contributed by atoms with Crippen molar-refractivity contribution in [1.82, 2.24) is 4.57 Å². The van der Waals surface area contributed by atoms with Crippen molar-refractivity contribution in [1.29, 1.82) is 0 Å². The third-order valence-corrected chi connectivity index (χ3v) is 4.43. The third kappa shape index (κ3) is 3.51. The lowest BCUT2D eigenvalue weighted by atomic mass is 10.1. The maximum Gasteiger partial charge on any atom is 0.337 e. The number of esters is 1. The number of nitrogens with zero attached hydrogens (tertiary/aromatic N) is 2. The highest BCUT2D eigenvalue weighted by Crippen LogP contribution is 2.20. The minimum atomic E-state index is -0.351. The molecule has 0 radical (unpaired) electrons. The molecule has 3 aromatic carbocycles. The second-order valence-electron chi connectivity index (χ2n) is 6.13. The Hall–Kier alpha value is -3.66. The van der Waals surface area contributed by atoms with Crippen molar-refractivity contribution in [2.75, 3.05) is 7.11 Å². The molecule has 4 rings (SSSR count). The van der Waals surface area contributed by atoms with Gasteiger partial charge in [0, 0.05) is 11.9 Å². The second kappa shape index (κ2) is 7.30. The van der Waals surface area contributed by atoms with Gasteiger partial charge in [0.25, 0.3) is 0 Å². The van der Waals surface area contributed by atoms with Crippen molar-refractivity contribution in [2.24, 2.45) is 4.99 Å². The molecule has 0 aliphatic heterocycles. The largest absolute Gasteiger partial charge is 0.465 e. The lowest BCUT2D eigenvalue weighted by Crippen LogP contribution is -2.00. The van der Waals surface area contributed by atoms with Crippen LogP contribution in [0.25, 0.3) is 16.5 Å². The molecule has 0 unspecified atom stereocenters. The number of hydrogen-bond acceptors (Lipinski definition) is 3. The van der Waals surface area contributed by atoms with Gasteiger partial charge in [-0.3, -0.25) is 4.99 Å². The van der Waals surface area contributed by atoms with Crippen LogP contribution in [0.15, 0.2) is 90.1 Å². The number of carbonyl (C=O) groups excluding carboxylic acids is 1. The summed E-state index contributed by atoms with van der Waals surface area (Å²) in [6, 6.07) is 25.7. The van der Waals surface area contributed by atoms with E-state index >= 15 is 0 Å². The number of methoxy groups -OCH3 is 1. The zero-order valence-corrected chi connectivity index (χ0v) is 14.9. The Kier molecular flexibility index (Phi) is 4.54. The molecule has 132 valence electrons. The van der Waals surface area contributed by atoms with Crippen LogP contribution in [0.2, 0.25) is 0 Å². The lowest BCUT2D eigenvalue weighted by Gasteiger charge is -2.08. The highest BCUT2D eigenvalue weighted by molar-refractivity contribution is 5.90. The SMILES string of the molecule is COC(=O)c1ccc(N=Cc2cccn2-c2ccc3ccccc3c2)cc1. The molecule has 27 heavy (non-hydrogen) atoms. The number of ether oxygens (including phenoxy) is 1. The van der Waals surface area contributed by atoms with Crippen molar-refractivity contribution in [3.63, 3.8) is 0 Å². The molecular formula is C23H18N2O2. The highest BCUT2D eigenvalue weighted by atomic mass is 16.5. The molecule has 1 aromatic heterocycles. The first-order valence-electron chi connectivity index (χ1n) is 8.63. The van der Waals surface area contributed by atoms with E-state index in [0.717, 1.165) is 17.1 Å². The first kappa shape index (κ1) is 16.8. The maximum atomic E-state index is 11.5. The molecule has 0 bridgehead atoms. The average Bonchev–Trinajstić information content (AvgIpc) is 3.20.